The lowest BCUT2D eigenvalue weighted by Gasteiger charge is -2.25. The Balaban J connectivity index is 2.20. The van der Waals surface area contributed by atoms with E-state index in [0.29, 0.717) is 6.04 Å². The van der Waals surface area contributed by atoms with Crippen LogP contribution in [-0.4, -0.2) is 49.3 Å². The van der Waals surface area contributed by atoms with Gasteiger partial charge in [0, 0.05) is 19.1 Å². The van der Waals surface area contributed by atoms with Crippen molar-refractivity contribution in [3.63, 3.8) is 0 Å². The molecule has 17 heavy (non-hydrogen) atoms. The largest absolute Gasteiger partial charge is 0.390 e. The minimum atomic E-state index is -0.252. The van der Waals surface area contributed by atoms with Crippen molar-refractivity contribution in [2.24, 2.45) is 5.92 Å². The van der Waals surface area contributed by atoms with Crippen molar-refractivity contribution in [1.82, 2.24) is 10.2 Å². The van der Waals surface area contributed by atoms with Crippen LogP contribution < -0.4 is 5.32 Å². The van der Waals surface area contributed by atoms with Gasteiger partial charge in [-0.25, -0.2) is 0 Å². The first kappa shape index (κ1) is 14.9. The van der Waals surface area contributed by atoms with Gasteiger partial charge in [0.05, 0.1) is 6.10 Å². The summed E-state index contributed by atoms with van der Waals surface area (Å²) < 4.78 is 0. The lowest BCUT2D eigenvalue weighted by atomic mass is 9.93. The Labute approximate surface area is 107 Å². The molecule has 1 aliphatic rings. The highest BCUT2D eigenvalue weighted by Crippen LogP contribution is 2.25. The quantitative estimate of drug-likeness (QED) is 0.698. The second kappa shape index (κ2) is 8.06. The van der Waals surface area contributed by atoms with Gasteiger partial charge in [0.25, 0.3) is 0 Å². The Morgan fingerprint density at radius 1 is 1.18 bits per heavy atom. The summed E-state index contributed by atoms with van der Waals surface area (Å²) in [5.74, 6) is 0.809. The SMILES string of the molecule is C[C@@H](NCC(O)CN(C)C)C1CCCCCC1. The Morgan fingerprint density at radius 3 is 2.29 bits per heavy atom. The van der Waals surface area contributed by atoms with Crippen molar-refractivity contribution in [2.45, 2.75) is 57.6 Å². The van der Waals surface area contributed by atoms with Crippen molar-refractivity contribution >= 4 is 0 Å². The van der Waals surface area contributed by atoms with Crippen molar-refractivity contribution < 1.29 is 5.11 Å². The van der Waals surface area contributed by atoms with Gasteiger partial charge in [0.15, 0.2) is 0 Å². The maximum atomic E-state index is 9.82. The third-order valence-corrected chi connectivity index (χ3v) is 3.86. The maximum absolute atomic E-state index is 9.82. The van der Waals surface area contributed by atoms with Crippen molar-refractivity contribution in [3.05, 3.63) is 0 Å². The number of hydrogen-bond acceptors (Lipinski definition) is 3. The molecule has 0 saturated heterocycles. The van der Waals surface area contributed by atoms with E-state index in [0.717, 1.165) is 19.0 Å². The van der Waals surface area contributed by atoms with Crippen molar-refractivity contribution in [2.75, 3.05) is 27.2 Å². The van der Waals surface area contributed by atoms with Crippen LogP contribution in [0.15, 0.2) is 0 Å². The first-order valence-electron chi connectivity index (χ1n) is 7.15. The summed E-state index contributed by atoms with van der Waals surface area (Å²) in [4.78, 5) is 2.03. The van der Waals surface area contributed by atoms with Crippen LogP contribution >= 0.6 is 0 Å². The molecule has 0 bridgehead atoms. The number of likely N-dealkylation sites (N-methyl/N-ethyl adjacent to an activating group) is 1. The van der Waals surface area contributed by atoms with E-state index in [2.05, 4.69) is 12.2 Å². The summed E-state index contributed by atoms with van der Waals surface area (Å²) in [6.45, 7) is 3.73. The van der Waals surface area contributed by atoms with Gasteiger partial charge in [-0.2, -0.15) is 0 Å². The third-order valence-electron chi connectivity index (χ3n) is 3.86. The van der Waals surface area contributed by atoms with E-state index in [1.807, 2.05) is 19.0 Å². The van der Waals surface area contributed by atoms with Gasteiger partial charge < -0.3 is 15.3 Å². The highest BCUT2D eigenvalue weighted by Gasteiger charge is 2.19. The van der Waals surface area contributed by atoms with Crippen LogP contribution in [0.25, 0.3) is 0 Å². The van der Waals surface area contributed by atoms with Gasteiger partial charge >= 0.3 is 0 Å². The van der Waals surface area contributed by atoms with E-state index in [1.165, 1.54) is 38.5 Å². The number of hydrogen-bond donors (Lipinski definition) is 2. The van der Waals surface area contributed by atoms with E-state index in [-0.39, 0.29) is 6.10 Å². The predicted octanol–water partition coefficient (Wildman–Crippen LogP) is 1.86. The van der Waals surface area contributed by atoms with Gasteiger partial charge in [-0.05, 0) is 39.8 Å². The van der Waals surface area contributed by atoms with Gasteiger partial charge in [-0.15, -0.1) is 0 Å². The fourth-order valence-electron chi connectivity index (χ4n) is 2.79. The lowest BCUT2D eigenvalue weighted by molar-refractivity contribution is 0.128. The number of nitrogens with one attached hydrogen (secondary N) is 1. The van der Waals surface area contributed by atoms with E-state index in [1.54, 1.807) is 0 Å². The van der Waals surface area contributed by atoms with Crippen LogP contribution in [0.3, 0.4) is 0 Å². The van der Waals surface area contributed by atoms with E-state index >= 15 is 0 Å². The van der Waals surface area contributed by atoms with E-state index in [4.69, 9.17) is 0 Å². The summed E-state index contributed by atoms with van der Waals surface area (Å²) in [5.41, 5.74) is 0. The Morgan fingerprint density at radius 2 is 1.76 bits per heavy atom. The Bertz CT molecular complexity index is 189. The molecule has 0 aliphatic heterocycles. The summed E-state index contributed by atoms with van der Waals surface area (Å²) in [6, 6.07) is 0.546. The van der Waals surface area contributed by atoms with Crippen LogP contribution in [0.5, 0.6) is 0 Å². The molecular formula is C14H30N2O. The molecular weight excluding hydrogens is 212 g/mol. The Kier molecular flexibility index (Phi) is 7.09. The zero-order chi connectivity index (χ0) is 12.7. The van der Waals surface area contributed by atoms with Crippen LogP contribution in [0.4, 0.5) is 0 Å². The molecule has 0 radical (unpaired) electrons. The molecule has 102 valence electrons. The molecule has 0 amide bonds. The highest BCUT2D eigenvalue weighted by molar-refractivity contribution is 4.76. The highest BCUT2D eigenvalue weighted by atomic mass is 16.3. The number of aliphatic hydroxyl groups excluding tert-OH is 1. The van der Waals surface area contributed by atoms with Crippen LogP contribution in [0, 0.1) is 5.92 Å². The lowest BCUT2D eigenvalue weighted by Crippen LogP contribution is -2.41. The van der Waals surface area contributed by atoms with Gasteiger partial charge in [0.2, 0.25) is 0 Å². The molecule has 3 heteroatoms. The predicted molar refractivity (Wildman–Crippen MR) is 73.2 cm³/mol. The zero-order valence-corrected chi connectivity index (χ0v) is 11.8. The van der Waals surface area contributed by atoms with Crippen molar-refractivity contribution in [1.29, 1.82) is 0 Å². The molecule has 0 spiro atoms. The summed E-state index contributed by atoms with van der Waals surface area (Å²) in [7, 11) is 4.00. The number of aliphatic hydroxyl groups is 1. The maximum Gasteiger partial charge on any atom is 0.0791 e. The minimum Gasteiger partial charge on any atom is -0.390 e. The molecule has 1 unspecified atom stereocenters. The van der Waals surface area contributed by atoms with Gasteiger partial charge in [0.1, 0.15) is 0 Å². The fourth-order valence-corrected chi connectivity index (χ4v) is 2.79. The molecule has 2 N–H and O–H groups in total. The van der Waals surface area contributed by atoms with Crippen LogP contribution in [0.2, 0.25) is 0 Å². The smallest absolute Gasteiger partial charge is 0.0791 e. The summed E-state index contributed by atoms with van der Waals surface area (Å²) >= 11 is 0. The molecule has 1 fully saturated rings. The normalized spacial score (nSPS) is 22.4. The van der Waals surface area contributed by atoms with Crippen molar-refractivity contribution in [3.8, 4) is 0 Å². The van der Waals surface area contributed by atoms with Crippen LogP contribution in [0.1, 0.15) is 45.4 Å². The topological polar surface area (TPSA) is 35.5 Å². The molecule has 2 atom stereocenters. The molecule has 1 saturated carbocycles. The molecule has 0 aromatic rings. The third kappa shape index (κ3) is 6.39. The summed E-state index contributed by atoms with van der Waals surface area (Å²) in [6.07, 6.45) is 8.06. The Hall–Kier alpha value is -0.120. The molecule has 0 aromatic heterocycles. The number of rotatable bonds is 6. The monoisotopic (exact) mass is 242 g/mol. The van der Waals surface area contributed by atoms with E-state index in [9.17, 15) is 5.11 Å². The molecule has 0 aromatic carbocycles. The first-order chi connectivity index (χ1) is 8.09. The molecule has 3 nitrogen and oxygen atoms in total. The molecule has 1 aliphatic carbocycles. The molecule has 0 heterocycles. The standard InChI is InChI=1S/C14H30N2O/c1-12(13-8-6-4-5-7-9-13)15-10-14(17)11-16(2)3/h12-15,17H,4-11H2,1-3H3/t12-,14?/m1/s1. The zero-order valence-electron chi connectivity index (χ0n) is 11.8. The summed E-state index contributed by atoms with van der Waals surface area (Å²) in [5, 5.41) is 13.3. The molecule has 1 rings (SSSR count). The number of nitrogens with zero attached hydrogens (tertiary/aromatic N) is 1. The average molecular weight is 242 g/mol. The van der Waals surface area contributed by atoms with Gasteiger partial charge in [-0.3, -0.25) is 0 Å². The second-order valence-corrected chi connectivity index (χ2v) is 5.86. The van der Waals surface area contributed by atoms with E-state index < -0.39 is 0 Å². The van der Waals surface area contributed by atoms with Crippen LogP contribution in [-0.2, 0) is 0 Å². The minimum absolute atomic E-state index is 0.252. The second-order valence-electron chi connectivity index (χ2n) is 5.86. The average Bonchev–Trinajstić information content (AvgIpc) is 2.53. The fraction of sp³-hybridized carbons (Fsp3) is 1.00. The first-order valence-corrected chi connectivity index (χ1v) is 7.15. The van der Waals surface area contributed by atoms with Gasteiger partial charge in [-0.1, -0.05) is 25.7 Å².